The van der Waals surface area contributed by atoms with Crippen molar-refractivity contribution in [2.75, 3.05) is 11.9 Å². The topological polar surface area (TPSA) is 95.1 Å². The van der Waals surface area contributed by atoms with Crippen molar-refractivity contribution >= 4 is 22.6 Å². The van der Waals surface area contributed by atoms with E-state index >= 15 is 0 Å². The molecule has 29 heavy (non-hydrogen) atoms. The summed E-state index contributed by atoms with van der Waals surface area (Å²) in [5.41, 5.74) is 3.65. The first kappa shape index (κ1) is 17.4. The quantitative estimate of drug-likeness (QED) is 0.563. The van der Waals surface area contributed by atoms with E-state index in [2.05, 4.69) is 20.8 Å². The Bertz CT molecular complexity index is 1150. The number of aryl methyl sites for hydroxylation is 2. The van der Waals surface area contributed by atoms with Gasteiger partial charge in [0.05, 0.1) is 5.69 Å². The molecule has 1 aliphatic carbocycles. The maximum atomic E-state index is 12.3. The zero-order valence-electron chi connectivity index (χ0n) is 15.7. The molecule has 2 aromatic heterocycles. The van der Waals surface area contributed by atoms with Crippen molar-refractivity contribution in [1.29, 1.82) is 0 Å². The van der Waals surface area contributed by atoms with Gasteiger partial charge in [-0.05, 0) is 72.2 Å². The standard InChI is InChI=1S/C21H19N5O3/c27-21(23-14-5-7-15(8-6-14)26-13-22-24-25-26)12-28-16-9-10-20-18(11-16)17-3-1-2-4-19(17)29-20/h5-11,13H,1-4,12H2,(H,23,27). The number of anilines is 1. The molecule has 0 atom stereocenters. The molecule has 8 nitrogen and oxygen atoms in total. The Morgan fingerprint density at radius 1 is 1.14 bits per heavy atom. The third-order valence-corrected chi connectivity index (χ3v) is 5.06. The third-order valence-electron chi connectivity index (χ3n) is 5.06. The van der Waals surface area contributed by atoms with Crippen LogP contribution in [0.5, 0.6) is 5.75 Å². The van der Waals surface area contributed by atoms with Gasteiger partial charge in [-0.25, -0.2) is 4.68 Å². The number of hydrogen-bond donors (Lipinski definition) is 1. The summed E-state index contributed by atoms with van der Waals surface area (Å²) in [6.07, 6.45) is 5.89. The van der Waals surface area contributed by atoms with Crippen LogP contribution >= 0.6 is 0 Å². The van der Waals surface area contributed by atoms with Gasteiger partial charge in [0.15, 0.2) is 6.61 Å². The van der Waals surface area contributed by atoms with Crippen molar-refractivity contribution in [3.8, 4) is 11.4 Å². The molecule has 2 heterocycles. The molecule has 0 saturated heterocycles. The van der Waals surface area contributed by atoms with E-state index in [0.717, 1.165) is 35.3 Å². The lowest BCUT2D eigenvalue weighted by Gasteiger charge is -2.10. The minimum atomic E-state index is -0.227. The van der Waals surface area contributed by atoms with Gasteiger partial charge in [0.25, 0.3) is 5.91 Å². The number of aromatic nitrogens is 4. The molecular weight excluding hydrogens is 370 g/mol. The number of carbonyl (C=O) groups is 1. The van der Waals surface area contributed by atoms with Gasteiger partial charge in [0.1, 0.15) is 23.4 Å². The highest BCUT2D eigenvalue weighted by Gasteiger charge is 2.18. The number of rotatable bonds is 5. The van der Waals surface area contributed by atoms with Crippen LogP contribution in [0, 0.1) is 0 Å². The second kappa shape index (κ2) is 7.38. The molecule has 1 N–H and O–H groups in total. The van der Waals surface area contributed by atoms with E-state index in [9.17, 15) is 4.79 Å². The Labute approximate surface area is 166 Å². The Hall–Kier alpha value is -3.68. The Morgan fingerprint density at radius 3 is 2.83 bits per heavy atom. The van der Waals surface area contributed by atoms with Crippen molar-refractivity contribution in [2.24, 2.45) is 0 Å². The van der Waals surface area contributed by atoms with Crippen molar-refractivity contribution < 1.29 is 13.9 Å². The summed E-state index contributed by atoms with van der Waals surface area (Å²) in [5.74, 6) is 1.52. The Balaban J connectivity index is 1.22. The predicted octanol–water partition coefficient (Wildman–Crippen LogP) is 3.30. The average molecular weight is 389 g/mol. The molecule has 0 bridgehead atoms. The maximum absolute atomic E-state index is 12.3. The fraction of sp³-hybridized carbons (Fsp3) is 0.238. The zero-order chi connectivity index (χ0) is 19.6. The molecule has 5 rings (SSSR count). The number of hydrogen-bond acceptors (Lipinski definition) is 6. The fourth-order valence-corrected chi connectivity index (χ4v) is 3.65. The summed E-state index contributed by atoms with van der Waals surface area (Å²) in [5, 5.41) is 14.9. The molecule has 0 fully saturated rings. The third kappa shape index (κ3) is 3.56. The van der Waals surface area contributed by atoms with Crippen LogP contribution in [0.1, 0.15) is 24.2 Å². The second-order valence-corrected chi connectivity index (χ2v) is 7.01. The van der Waals surface area contributed by atoms with Crippen molar-refractivity contribution in [3.63, 3.8) is 0 Å². The van der Waals surface area contributed by atoms with Gasteiger partial charge >= 0.3 is 0 Å². The van der Waals surface area contributed by atoms with Crippen LogP contribution in [-0.2, 0) is 17.6 Å². The molecule has 4 aromatic rings. The number of nitrogens with zero attached hydrogens (tertiary/aromatic N) is 4. The van der Waals surface area contributed by atoms with Gasteiger partial charge < -0.3 is 14.5 Å². The van der Waals surface area contributed by atoms with Crippen molar-refractivity contribution in [2.45, 2.75) is 25.7 Å². The summed E-state index contributed by atoms with van der Waals surface area (Å²) < 4.78 is 13.2. The van der Waals surface area contributed by atoms with Crippen LogP contribution in [0.2, 0.25) is 0 Å². The molecule has 1 aliphatic rings. The normalized spacial score (nSPS) is 13.2. The van der Waals surface area contributed by atoms with Gasteiger partial charge in [-0.2, -0.15) is 0 Å². The van der Waals surface area contributed by atoms with Crippen LogP contribution in [0.4, 0.5) is 5.69 Å². The summed E-state index contributed by atoms with van der Waals surface area (Å²) in [6, 6.07) is 12.9. The van der Waals surface area contributed by atoms with Crippen LogP contribution in [0.25, 0.3) is 16.7 Å². The molecule has 2 aromatic carbocycles. The van der Waals surface area contributed by atoms with Gasteiger partial charge in [-0.15, -0.1) is 5.10 Å². The summed E-state index contributed by atoms with van der Waals surface area (Å²) >= 11 is 0. The van der Waals surface area contributed by atoms with Crippen LogP contribution in [0.3, 0.4) is 0 Å². The molecule has 1 amide bonds. The minimum Gasteiger partial charge on any atom is -0.484 e. The van der Waals surface area contributed by atoms with Gasteiger partial charge in [-0.3, -0.25) is 4.79 Å². The number of nitrogens with one attached hydrogen (secondary N) is 1. The zero-order valence-corrected chi connectivity index (χ0v) is 15.7. The summed E-state index contributed by atoms with van der Waals surface area (Å²) in [4.78, 5) is 12.3. The van der Waals surface area contributed by atoms with E-state index in [1.165, 1.54) is 24.7 Å². The minimum absolute atomic E-state index is 0.0692. The van der Waals surface area contributed by atoms with E-state index in [0.29, 0.717) is 11.4 Å². The van der Waals surface area contributed by atoms with E-state index in [1.54, 1.807) is 16.8 Å². The Morgan fingerprint density at radius 2 is 2.00 bits per heavy atom. The summed E-state index contributed by atoms with van der Waals surface area (Å²) in [6.45, 7) is -0.0692. The lowest BCUT2D eigenvalue weighted by molar-refractivity contribution is -0.118. The number of ether oxygens (including phenoxy) is 1. The van der Waals surface area contributed by atoms with Crippen LogP contribution < -0.4 is 10.1 Å². The predicted molar refractivity (Wildman–Crippen MR) is 106 cm³/mol. The van der Waals surface area contributed by atoms with E-state index in [4.69, 9.17) is 9.15 Å². The molecule has 0 radical (unpaired) electrons. The van der Waals surface area contributed by atoms with Crippen LogP contribution in [-0.4, -0.2) is 32.7 Å². The SMILES string of the molecule is O=C(COc1ccc2oc3c(c2c1)CCCC3)Nc1ccc(-n2cnnn2)cc1. The van der Waals surface area contributed by atoms with Gasteiger partial charge in [0.2, 0.25) is 0 Å². The molecule has 0 unspecified atom stereocenters. The number of fused-ring (bicyclic) bond motifs is 3. The number of tetrazole rings is 1. The van der Waals surface area contributed by atoms with Crippen molar-refractivity contribution in [3.05, 3.63) is 60.1 Å². The second-order valence-electron chi connectivity index (χ2n) is 7.01. The van der Waals surface area contributed by atoms with Gasteiger partial charge in [-0.1, -0.05) is 0 Å². The fourth-order valence-electron chi connectivity index (χ4n) is 3.65. The number of carbonyl (C=O) groups excluding carboxylic acids is 1. The largest absolute Gasteiger partial charge is 0.484 e. The van der Waals surface area contributed by atoms with E-state index in [1.807, 2.05) is 30.3 Å². The highest BCUT2D eigenvalue weighted by atomic mass is 16.5. The molecule has 146 valence electrons. The molecule has 0 spiro atoms. The first-order chi connectivity index (χ1) is 14.3. The number of furan rings is 1. The lowest BCUT2D eigenvalue weighted by Crippen LogP contribution is -2.20. The van der Waals surface area contributed by atoms with Crippen molar-refractivity contribution in [1.82, 2.24) is 20.2 Å². The summed E-state index contributed by atoms with van der Waals surface area (Å²) in [7, 11) is 0. The van der Waals surface area contributed by atoms with Gasteiger partial charge in [0, 0.05) is 23.1 Å². The lowest BCUT2D eigenvalue weighted by atomic mass is 9.96. The number of benzene rings is 2. The highest BCUT2D eigenvalue weighted by molar-refractivity contribution is 5.92. The highest BCUT2D eigenvalue weighted by Crippen LogP contribution is 2.33. The monoisotopic (exact) mass is 389 g/mol. The average Bonchev–Trinajstić information content (AvgIpc) is 3.41. The molecule has 0 saturated carbocycles. The first-order valence-electron chi connectivity index (χ1n) is 9.57. The van der Waals surface area contributed by atoms with E-state index < -0.39 is 0 Å². The molecular formula is C21H19N5O3. The Kier molecular flexibility index (Phi) is 4.44. The first-order valence-corrected chi connectivity index (χ1v) is 9.57. The van der Waals surface area contributed by atoms with Crippen LogP contribution in [0.15, 0.2) is 53.2 Å². The smallest absolute Gasteiger partial charge is 0.262 e. The molecule has 0 aliphatic heterocycles. The number of amides is 1. The molecule has 8 heteroatoms. The maximum Gasteiger partial charge on any atom is 0.262 e. The van der Waals surface area contributed by atoms with E-state index in [-0.39, 0.29) is 12.5 Å².